The van der Waals surface area contributed by atoms with Crippen molar-refractivity contribution in [3.05, 3.63) is 77.9 Å². The maximum absolute atomic E-state index is 13.6. The van der Waals surface area contributed by atoms with Gasteiger partial charge in [0.25, 0.3) is 5.91 Å². The highest BCUT2D eigenvalue weighted by Crippen LogP contribution is 2.34. The van der Waals surface area contributed by atoms with Crippen molar-refractivity contribution in [1.29, 1.82) is 0 Å². The van der Waals surface area contributed by atoms with Gasteiger partial charge in [0.2, 0.25) is 12.7 Å². The number of imide groups is 1. The van der Waals surface area contributed by atoms with Crippen molar-refractivity contribution in [2.75, 3.05) is 30.7 Å². The first-order valence-electron chi connectivity index (χ1n) is 12.6. The van der Waals surface area contributed by atoms with Gasteiger partial charge in [-0.1, -0.05) is 6.07 Å². The lowest BCUT2D eigenvalue weighted by molar-refractivity contribution is -0.122. The van der Waals surface area contributed by atoms with Crippen molar-refractivity contribution in [2.24, 2.45) is 0 Å². The number of ether oxygens (including phenoxy) is 4. The highest BCUT2D eigenvalue weighted by atomic mass is 16.7. The smallest absolute Gasteiger partial charge is 0.338 e. The third-order valence-electron chi connectivity index (χ3n) is 6.53. The maximum atomic E-state index is 13.6. The van der Waals surface area contributed by atoms with Crippen LogP contribution in [0.3, 0.4) is 0 Å². The van der Waals surface area contributed by atoms with E-state index in [0.29, 0.717) is 39.8 Å². The molecule has 1 atom stereocenters. The van der Waals surface area contributed by atoms with Crippen LogP contribution in [0.4, 0.5) is 16.2 Å². The Bertz CT molecular complexity index is 1440. The van der Waals surface area contributed by atoms with E-state index >= 15 is 0 Å². The van der Waals surface area contributed by atoms with Gasteiger partial charge >= 0.3 is 12.0 Å². The molecule has 0 radical (unpaired) electrons. The lowest BCUT2D eigenvalue weighted by Gasteiger charge is -2.28. The number of esters is 1. The molecule has 0 aromatic heterocycles. The summed E-state index contributed by atoms with van der Waals surface area (Å²) < 4.78 is 21.0. The summed E-state index contributed by atoms with van der Waals surface area (Å²) in [7, 11) is 1.54. The number of urea groups is 1. The second-order valence-electron chi connectivity index (χ2n) is 9.03. The SMILES string of the molecule is CCOC(=O)c1ccc(N2C(=O)C[C@H](N(Cc3ccc4c(c3)OCO4)C(=O)Nc3ccc(OC)cc3)C2=O)cc1. The van der Waals surface area contributed by atoms with Crippen LogP contribution in [0.15, 0.2) is 66.7 Å². The van der Waals surface area contributed by atoms with Crippen molar-refractivity contribution < 1.29 is 38.1 Å². The minimum absolute atomic E-state index is 0.0257. The number of carbonyl (C=O) groups is 4. The van der Waals surface area contributed by atoms with Crippen molar-refractivity contribution in [3.63, 3.8) is 0 Å². The number of nitrogens with zero attached hydrogens (tertiary/aromatic N) is 2. The van der Waals surface area contributed by atoms with E-state index in [0.717, 1.165) is 4.90 Å². The number of hydrogen-bond donors (Lipinski definition) is 1. The molecule has 2 aliphatic heterocycles. The summed E-state index contributed by atoms with van der Waals surface area (Å²) in [5.74, 6) is 0.214. The molecular formula is C29H27N3O8. The van der Waals surface area contributed by atoms with E-state index in [1.54, 1.807) is 56.5 Å². The Labute approximate surface area is 230 Å². The van der Waals surface area contributed by atoms with Gasteiger partial charge < -0.3 is 29.2 Å². The third kappa shape index (κ3) is 5.39. The Morgan fingerprint density at radius 3 is 2.42 bits per heavy atom. The van der Waals surface area contributed by atoms with Crippen molar-refractivity contribution in [1.82, 2.24) is 4.90 Å². The molecule has 3 aromatic rings. The molecule has 1 N–H and O–H groups in total. The average Bonchev–Trinajstić information content (AvgIpc) is 3.55. The molecule has 4 amide bonds. The number of carbonyl (C=O) groups excluding carboxylic acids is 4. The fourth-order valence-electron chi connectivity index (χ4n) is 4.52. The molecule has 2 heterocycles. The van der Waals surface area contributed by atoms with Gasteiger partial charge in [0.05, 0.1) is 31.4 Å². The first-order chi connectivity index (χ1) is 19.4. The van der Waals surface area contributed by atoms with Crippen LogP contribution in [0.1, 0.15) is 29.3 Å². The lowest BCUT2D eigenvalue weighted by Crippen LogP contribution is -2.46. The molecule has 1 fully saturated rings. The van der Waals surface area contributed by atoms with E-state index in [4.69, 9.17) is 18.9 Å². The molecule has 11 heteroatoms. The zero-order chi connectivity index (χ0) is 28.2. The minimum atomic E-state index is -1.07. The van der Waals surface area contributed by atoms with Crippen molar-refractivity contribution in [2.45, 2.75) is 25.9 Å². The molecule has 0 saturated carbocycles. The number of rotatable bonds is 8. The lowest BCUT2D eigenvalue weighted by atomic mass is 10.1. The summed E-state index contributed by atoms with van der Waals surface area (Å²) in [6.07, 6.45) is -0.209. The number of hydrogen-bond acceptors (Lipinski definition) is 8. The Hall–Kier alpha value is -5.06. The van der Waals surface area contributed by atoms with E-state index in [-0.39, 0.29) is 26.4 Å². The van der Waals surface area contributed by atoms with Gasteiger partial charge in [-0.3, -0.25) is 9.59 Å². The van der Waals surface area contributed by atoms with Gasteiger partial charge in [-0.05, 0) is 73.2 Å². The standard InChI is InChI=1S/C29H27N3O8/c1-3-38-28(35)19-5-9-21(10-6-19)32-26(33)15-23(27(32)34)31(16-18-4-13-24-25(14-18)40-17-39-24)29(36)30-20-7-11-22(37-2)12-8-20/h4-14,23H,3,15-17H2,1-2H3,(H,30,36)/t23-/m0/s1. The number of methoxy groups -OCH3 is 1. The van der Waals surface area contributed by atoms with E-state index in [2.05, 4.69) is 5.32 Å². The topological polar surface area (TPSA) is 124 Å². The van der Waals surface area contributed by atoms with Crippen molar-refractivity contribution in [3.8, 4) is 17.2 Å². The van der Waals surface area contributed by atoms with E-state index in [1.165, 1.54) is 29.2 Å². The predicted octanol–water partition coefficient (Wildman–Crippen LogP) is 3.97. The molecule has 40 heavy (non-hydrogen) atoms. The van der Waals surface area contributed by atoms with Crippen molar-refractivity contribution >= 4 is 35.2 Å². The van der Waals surface area contributed by atoms with Crippen LogP contribution in [0.5, 0.6) is 17.2 Å². The predicted molar refractivity (Wildman–Crippen MR) is 143 cm³/mol. The second-order valence-corrected chi connectivity index (χ2v) is 9.03. The normalized spacial score (nSPS) is 15.7. The fraction of sp³-hybridized carbons (Fsp3) is 0.241. The third-order valence-corrected chi connectivity index (χ3v) is 6.53. The largest absolute Gasteiger partial charge is 0.497 e. The first kappa shape index (κ1) is 26.5. The average molecular weight is 546 g/mol. The number of fused-ring (bicyclic) bond motifs is 1. The molecule has 1 saturated heterocycles. The Balaban J connectivity index is 1.41. The monoisotopic (exact) mass is 545 g/mol. The van der Waals surface area contributed by atoms with Gasteiger partial charge in [-0.2, -0.15) is 0 Å². The molecule has 206 valence electrons. The maximum Gasteiger partial charge on any atom is 0.338 e. The van der Waals surface area contributed by atoms with Crippen LogP contribution >= 0.6 is 0 Å². The summed E-state index contributed by atoms with van der Waals surface area (Å²) in [5.41, 5.74) is 1.77. The van der Waals surface area contributed by atoms with E-state index < -0.39 is 29.9 Å². The van der Waals surface area contributed by atoms with Crippen LogP contribution in [-0.2, 0) is 20.9 Å². The number of nitrogens with one attached hydrogen (secondary N) is 1. The minimum Gasteiger partial charge on any atom is -0.497 e. The molecule has 5 rings (SSSR count). The summed E-state index contributed by atoms with van der Waals surface area (Å²) in [5, 5.41) is 2.81. The highest BCUT2D eigenvalue weighted by molar-refractivity contribution is 6.23. The second kappa shape index (κ2) is 11.4. The van der Waals surface area contributed by atoms with Gasteiger partial charge in [-0.25, -0.2) is 14.5 Å². The van der Waals surface area contributed by atoms with Crippen LogP contribution in [0.2, 0.25) is 0 Å². The summed E-state index contributed by atoms with van der Waals surface area (Å²) in [6, 6.07) is 16.3. The van der Waals surface area contributed by atoms with Gasteiger partial charge in [0, 0.05) is 12.2 Å². The Kier molecular flexibility index (Phi) is 7.54. The zero-order valence-corrected chi connectivity index (χ0v) is 21.9. The molecule has 0 bridgehead atoms. The Morgan fingerprint density at radius 1 is 1.00 bits per heavy atom. The zero-order valence-electron chi connectivity index (χ0n) is 21.9. The van der Waals surface area contributed by atoms with Gasteiger partial charge in [0.1, 0.15) is 11.8 Å². The van der Waals surface area contributed by atoms with Crippen LogP contribution in [0, 0.1) is 0 Å². The van der Waals surface area contributed by atoms with Crippen LogP contribution in [-0.4, -0.2) is 55.3 Å². The molecule has 0 unspecified atom stereocenters. The van der Waals surface area contributed by atoms with Crippen LogP contribution in [0.25, 0.3) is 0 Å². The molecule has 11 nitrogen and oxygen atoms in total. The summed E-state index contributed by atoms with van der Waals surface area (Å²) in [6.45, 7) is 2.05. The summed E-state index contributed by atoms with van der Waals surface area (Å²) in [4.78, 5) is 54.6. The molecule has 0 spiro atoms. The van der Waals surface area contributed by atoms with E-state index in [1.807, 2.05) is 0 Å². The molecule has 0 aliphatic carbocycles. The van der Waals surface area contributed by atoms with Gasteiger partial charge in [-0.15, -0.1) is 0 Å². The van der Waals surface area contributed by atoms with E-state index in [9.17, 15) is 19.2 Å². The van der Waals surface area contributed by atoms with Gasteiger partial charge in [0.15, 0.2) is 11.5 Å². The molecular weight excluding hydrogens is 518 g/mol. The Morgan fingerprint density at radius 2 is 1.73 bits per heavy atom. The molecule has 2 aliphatic rings. The highest BCUT2D eigenvalue weighted by Gasteiger charge is 2.44. The quantitative estimate of drug-likeness (QED) is 0.333. The van der Waals surface area contributed by atoms with Crippen LogP contribution < -0.4 is 24.4 Å². The fourth-order valence-corrected chi connectivity index (χ4v) is 4.52. The summed E-state index contributed by atoms with van der Waals surface area (Å²) >= 11 is 0. The first-order valence-corrected chi connectivity index (χ1v) is 12.6. The number of benzene rings is 3. The number of amides is 4. The number of anilines is 2. The molecule has 3 aromatic carbocycles.